The Morgan fingerprint density at radius 1 is 1.36 bits per heavy atom. The summed E-state index contributed by atoms with van der Waals surface area (Å²) >= 11 is 5.46. The number of halogens is 1. The summed E-state index contributed by atoms with van der Waals surface area (Å²) in [6.07, 6.45) is 6.50. The zero-order chi connectivity index (χ0) is 8.10. The van der Waals surface area contributed by atoms with E-state index in [4.69, 9.17) is 11.6 Å². The van der Waals surface area contributed by atoms with Crippen molar-refractivity contribution in [3.05, 3.63) is 0 Å². The topological polar surface area (TPSA) is 17.1 Å². The molecule has 0 aliphatic heterocycles. The molecule has 0 spiro atoms. The Balaban J connectivity index is 2.13. The molecule has 0 atom stereocenters. The fourth-order valence-corrected chi connectivity index (χ4v) is 1.95. The quantitative estimate of drug-likeness (QED) is 0.599. The number of alkyl halides is 1. The SMILES string of the molecule is O=C(CCCl)CC1CCCC1. The molecule has 0 aromatic heterocycles. The summed E-state index contributed by atoms with van der Waals surface area (Å²) in [5, 5.41) is 0. The molecule has 1 aliphatic carbocycles. The Labute approximate surface area is 73.1 Å². The lowest BCUT2D eigenvalue weighted by Crippen LogP contribution is -2.05. The normalized spacial score (nSPS) is 19.0. The molecular formula is C9H15ClO. The van der Waals surface area contributed by atoms with E-state index in [1.54, 1.807) is 0 Å². The summed E-state index contributed by atoms with van der Waals surface area (Å²) in [5.74, 6) is 1.53. The average Bonchev–Trinajstić information content (AvgIpc) is 2.40. The third-order valence-electron chi connectivity index (χ3n) is 2.36. The predicted molar refractivity (Wildman–Crippen MR) is 46.9 cm³/mol. The van der Waals surface area contributed by atoms with Crippen molar-refractivity contribution in [2.24, 2.45) is 5.92 Å². The van der Waals surface area contributed by atoms with Crippen LogP contribution >= 0.6 is 11.6 Å². The van der Waals surface area contributed by atoms with E-state index in [-0.39, 0.29) is 0 Å². The molecule has 0 unspecified atom stereocenters. The Kier molecular flexibility index (Phi) is 3.92. The summed E-state index contributed by atoms with van der Waals surface area (Å²) in [6, 6.07) is 0. The maximum Gasteiger partial charge on any atom is 0.134 e. The van der Waals surface area contributed by atoms with Gasteiger partial charge in [0.25, 0.3) is 0 Å². The van der Waals surface area contributed by atoms with Gasteiger partial charge in [0.05, 0.1) is 0 Å². The number of hydrogen-bond donors (Lipinski definition) is 0. The van der Waals surface area contributed by atoms with Crippen LogP contribution in [0.1, 0.15) is 38.5 Å². The Morgan fingerprint density at radius 2 is 2.00 bits per heavy atom. The number of rotatable bonds is 4. The first-order valence-corrected chi connectivity index (χ1v) is 4.94. The maximum absolute atomic E-state index is 11.1. The largest absolute Gasteiger partial charge is 0.300 e. The van der Waals surface area contributed by atoms with Crippen molar-refractivity contribution in [3.63, 3.8) is 0 Å². The molecule has 1 rings (SSSR count). The van der Waals surface area contributed by atoms with E-state index in [1.165, 1.54) is 25.7 Å². The highest BCUT2D eigenvalue weighted by Gasteiger charge is 2.17. The lowest BCUT2D eigenvalue weighted by Gasteiger charge is -2.05. The minimum absolute atomic E-state index is 0.354. The molecule has 1 saturated carbocycles. The lowest BCUT2D eigenvalue weighted by atomic mass is 10.0. The van der Waals surface area contributed by atoms with Crippen molar-refractivity contribution >= 4 is 17.4 Å². The van der Waals surface area contributed by atoms with Crippen LogP contribution in [0.5, 0.6) is 0 Å². The lowest BCUT2D eigenvalue weighted by molar-refractivity contribution is -0.119. The van der Waals surface area contributed by atoms with Crippen LogP contribution in [0, 0.1) is 5.92 Å². The first-order valence-electron chi connectivity index (χ1n) is 4.40. The number of carbonyl (C=O) groups is 1. The zero-order valence-electron chi connectivity index (χ0n) is 6.81. The molecule has 0 aromatic rings. The van der Waals surface area contributed by atoms with Crippen LogP contribution in [0.15, 0.2) is 0 Å². The zero-order valence-corrected chi connectivity index (χ0v) is 7.57. The van der Waals surface area contributed by atoms with Crippen LogP contribution in [0.4, 0.5) is 0 Å². The summed E-state index contributed by atoms with van der Waals surface area (Å²) in [4.78, 5) is 11.1. The summed E-state index contributed by atoms with van der Waals surface area (Å²) in [6.45, 7) is 0. The standard InChI is InChI=1S/C9H15ClO/c10-6-5-9(11)7-8-3-1-2-4-8/h8H,1-7H2. The van der Waals surface area contributed by atoms with Crippen LogP contribution in [-0.2, 0) is 4.79 Å². The van der Waals surface area contributed by atoms with Gasteiger partial charge in [0.1, 0.15) is 5.78 Å². The summed E-state index contributed by atoms with van der Waals surface area (Å²) < 4.78 is 0. The minimum Gasteiger partial charge on any atom is -0.300 e. The Hall–Kier alpha value is -0.0400. The van der Waals surface area contributed by atoms with Crippen molar-refractivity contribution < 1.29 is 4.79 Å². The fourth-order valence-electron chi connectivity index (χ4n) is 1.74. The van der Waals surface area contributed by atoms with E-state index in [0.717, 1.165) is 6.42 Å². The van der Waals surface area contributed by atoms with Gasteiger partial charge in [0.2, 0.25) is 0 Å². The molecule has 0 aromatic carbocycles. The van der Waals surface area contributed by atoms with Gasteiger partial charge in [0.15, 0.2) is 0 Å². The van der Waals surface area contributed by atoms with Gasteiger partial charge in [-0.15, -0.1) is 11.6 Å². The van der Waals surface area contributed by atoms with E-state index in [1.807, 2.05) is 0 Å². The molecule has 11 heavy (non-hydrogen) atoms. The molecular weight excluding hydrogens is 160 g/mol. The molecule has 0 N–H and O–H groups in total. The van der Waals surface area contributed by atoms with E-state index >= 15 is 0 Å². The molecule has 2 heteroatoms. The molecule has 1 nitrogen and oxygen atoms in total. The second kappa shape index (κ2) is 4.76. The van der Waals surface area contributed by atoms with Gasteiger partial charge in [-0.2, -0.15) is 0 Å². The predicted octanol–water partition coefficient (Wildman–Crippen LogP) is 2.76. The number of hydrogen-bond acceptors (Lipinski definition) is 1. The molecule has 0 radical (unpaired) electrons. The van der Waals surface area contributed by atoms with E-state index in [0.29, 0.717) is 24.0 Å². The highest BCUT2D eigenvalue weighted by atomic mass is 35.5. The molecule has 0 bridgehead atoms. The number of ketones is 1. The Morgan fingerprint density at radius 3 is 2.55 bits per heavy atom. The highest BCUT2D eigenvalue weighted by Crippen LogP contribution is 2.27. The van der Waals surface area contributed by atoms with Gasteiger partial charge in [-0.1, -0.05) is 25.7 Å². The van der Waals surface area contributed by atoms with Gasteiger partial charge in [-0.3, -0.25) is 4.79 Å². The average molecular weight is 175 g/mol. The molecule has 1 fully saturated rings. The second-order valence-electron chi connectivity index (χ2n) is 3.33. The van der Waals surface area contributed by atoms with Crippen LogP contribution in [-0.4, -0.2) is 11.7 Å². The van der Waals surface area contributed by atoms with E-state index < -0.39 is 0 Å². The second-order valence-corrected chi connectivity index (χ2v) is 3.71. The maximum atomic E-state index is 11.1. The highest BCUT2D eigenvalue weighted by molar-refractivity contribution is 6.19. The summed E-state index contributed by atoms with van der Waals surface area (Å²) in [5.41, 5.74) is 0. The first kappa shape index (κ1) is 9.05. The molecule has 64 valence electrons. The van der Waals surface area contributed by atoms with E-state index in [2.05, 4.69) is 0 Å². The third-order valence-corrected chi connectivity index (χ3v) is 2.55. The monoisotopic (exact) mass is 174 g/mol. The van der Waals surface area contributed by atoms with Crippen molar-refractivity contribution in [2.75, 3.05) is 5.88 Å². The van der Waals surface area contributed by atoms with Gasteiger partial charge < -0.3 is 0 Å². The van der Waals surface area contributed by atoms with Crippen LogP contribution < -0.4 is 0 Å². The van der Waals surface area contributed by atoms with Gasteiger partial charge in [-0.25, -0.2) is 0 Å². The van der Waals surface area contributed by atoms with Gasteiger partial charge in [0, 0.05) is 18.7 Å². The minimum atomic E-state index is 0.354. The van der Waals surface area contributed by atoms with Crippen molar-refractivity contribution in [1.29, 1.82) is 0 Å². The molecule has 1 aliphatic rings. The number of Topliss-reactive ketones (excluding diaryl/α,β-unsaturated/α-hetero) is 1. The molecule has 0 heterocycles. The van der Waals surface area contributed by atoms with Gasteiger partial charge >= 0.3 is 0 Å². The van der Waals surface area contributed by atoms with Gasteiger partial charge in [-0.05, 0) is 5.92 Å². The van der Waals surface area contributed by atoms with Crippen LogP contribution in [0.3, 0.4) is 0 Å². The molecule has 0 saturated heterocycles. The fraction of sp³-hybridized carbons (Fsp3) is 0.889. The van der Waals surface area contributed by atoms with E-state index in [9.17, 15) is 4.79 Å². The van der Waals surface area contributed by atoms with Crippen molar-refractivity contribution in [2.45, 2.75) is 38.5 Å². The third kappa shape index (κ3) is 3.24. The van der Waals surface area contributed by atoms with Crippen LogP contribution in [0.25, 0.3) is 0 Å². The first-order chi connectivity index (χ1) is 5.33. The van der Waals surface area contributed by atoms with Crippen LogP contribution in [0.2, 0.25) is 0 Å². The Bertz CT molecular complexity index is 128. The smallest absolute Gasteiger partial charge is 0.134 e. The summed E-state index contributed by atoms with van der Waals surface area (Å²) in [7, 11) is 0. The molecule has 0 amide bonds. The van der Waals surface area contributed by atoms with Crippen molar-refractivity contribution in [3.8, 4) is 0 Å². The van der Waals surface area contributed by atoms with Crippen molar-refractivity contribution in [1.82, 2.24) is 0 Å². The number of carbonyl (C=O) groups excluding carboxylic acids is 1.